The highest BCUT2D eigenvalue weighted by molar-refractivity contribution is 5.85. The molecule has 1 rings (SSSR count). The molecule has 2 amide bonds. The Bertz CT molecular complexity index is 262. The molecule has 2 N–H and O–H groups in total. The number of hydrogen-bond acceptors (Lipinski definition) is 3. The lowest BCUT2D eigenvalue weighted by Gasteiger charge is -2.29. The zero-order chi connectivity index (χ0) is 12.7. The number of rotatable bonds is 4. The van der Waals surface area contributed by atoms with Crippen LogP contribution in [0.1, 0.15) is 39.0 Å². The van der Waals surface area contributed by atoms with Crippen LogP contribution < -0.4 is 10.6 Å². The molecule has 0 bridgehead atoms. The smallest absolute Gasteiger partial charge is 0.407 e. The highest BCUT2D eigenvalue weighted by atomic mass is 16.5. The highest BCUT2D eigenvalue weighted by Gasteiger charge is 2.30. The highest BCUT2D eigenvalue weighted by Crippen LogP contribution is 2.26. The number of carbonyl (C=O) groups excluding carboxylic acids is 2. The first-order valence-corrected chi connectivity index (χ1v) is 6.34. The average molecular weight is 242 g/mol. The lowest BCUT2D eigenvalue weighted by atomic mass is 9.83. The van der Waals surface area contributed by atoms with Crippen molar-refractivity contribution in [3.8, 4) is 0 Å². The van der Waals surface area contributed by atoms with Crippen molar-refractivity contribution in [2.24, 2.45) is 5.92 Å². The zero-order valence-electron chi connectivity index (χ0n) is 10.6. The van der Waals surface area contributed by atoms with E-state index in [1.54, 1.807) is 14.0 Å². The Hall–Kier alpha value is -1.26. The first-order chi connectivity index (χ1) is 8.19. The van der Waals surface area contributed by atoms with Gasteiger partial charge in [0.2, 0.25) is 5.91 Å². The monoisotopic (exact) mass is 242 g/mol. The molecule has 1 fully saturated rings. The molecule has 1 saturated carbocycles. The van der Waals surface area contributed by atoms with E-state index in [2.05, 4.69) is 10.6 Å². The molecule has 1 aliphatic carbocycles. The van der Waals surface area contributed by atoms with Gasteiger partial charge in [0.05, 0.1) is 6.61 Å². The fraction of sp³-hybridized carbons (Fsp3) is 0.833. The minimum Gasteiger partial charge on any atom is -0.450 e. The molecule has 0 aromatic rings. The van der Waals surface area contributed by atoms with Crippen LogP contribution in [0.3, 0.4) is 0 Å². The summed E-state index contributed by atoms with van der Waals surface area (Å²) in [7, 11) is 1.59. The summed E-state index contributed by atoms with van der Waals surface area (Å²) in [4.78, 5) is 23.2. The summed E-state index contributed by atoms with van der Waals surface area (Å²) in [6, 6.07) is -0.459. The van der Waals surface area contributed by atoms with Crippen molar-refractivity contribution >= 4 is 12.0 Å². The standard InChI is InChI=1S/C12H22N2O3/c1-3-17-12(16)14-10(11(15)13-2)9-7-5-4-6-8-9/h9-10H,3-8H2,1-2H3,(H,13,15)(H,14,16)/t10-/m0/s1. The number of carbonyl (C=O) groups is 2. The van der Waals surface area contributed by atoms with E-state index in [-0.39, 0.29) is 11.8 Å². The van der Waals surface area contributed by atoms with E-state index in [0.29, 0.717) is 6.61 Å². The van der Waals surface area contributed by atoms with Gasteiger partial charge in [0.1, 0.15) is 6.04 Å². The van der Waals surface area contributed by atoms with E-state index in [0.717, 1.165) is 25.7 Å². The zero-order valence-corrected chi connectivity index (χ0v) is 10.6. The second-order valence-corrected chi connectivity index (χ2v) is 4.35. The van der Waals surface area contributed by atoms with Gasteiger partial charge < -0.3 is 15.4 Å². The van der Waals surface area contributed by atoms with E-state index in [1.807, 2.05) is 0 Å². The Morgan fingerprint density at radius 1 is 1.29 bits per heavy atom. The van der Waals surface area contributed by atoms with E-state index in [4.69, 9.17) is 4.74 Å². The van der Waals surface area contributed by atoms with Crippen molar-refractivity contribution in [2.75, 3.05) is 13.7 Å². The van der Waals surface area contributed by atoms with Crippen molar-refractivity contribution in [3.05, 3.63) is 0 Å². The lowest BCUT2D eigenvalue weighted by Crippen LogP contribution is -2.50. The van der Waals surface area contributed by atoms with E-state index in [9.17, 15) is 9.59 Å². The van der Waals surface area contributed by atoms with Crippen molar-refractivity contribution < 1.29 is 14.3 Å². The number of nitrogens with one attached hydrogen (secondary N) is 2. The molecule has 0 radical (unpaired) electrons. The van der Waals surface area contributed by atoms with E-state index in [1.165, 1.54) is 6.42 Å². The second-order valence-electron chi connectivity index (χ2n) is 4.35. The van der Waals surface area contributed by atoms with Crippen LogP contribution >= 0.6 is 0 Å². The molecule has 0 spiro atoms. The average Bonchev–Trinajstić information content (AvgIpc) is 2.36. The van der Waals surface area contributed by atoms with E-state index >= 15 is 0 Å². The minimum absolute atomic E-state index is 0.134. The Kier molecular flexibility index (Phi) is 5.80. The molecule has 17 heavy (non-hydrogen) atoms. The van der Waals surface area contributed by atoms with Crippen molar-refractivity contribution in [1.29, 1.82) is 0 Å². The molecule has 0 aromatic carbocycles. The van der Waals surface area contributed by atoms with Gasteiger partial charge in [-0.1, -0.05) is 19.3 Å². The molecular formula is C12H22N2O3. The topological polar surface area (TPSA) is 67.4 Å². The van der Waals surface area contributed by atoms with Crippen LogP contribution in [0.5, 0.6) is 0 Å². The fourth-order valence-electron chi connectivity index (χ4n) is 2.32. The third kappa shape index (κ3) is 4.24. The van der Waals surface area contributed by atoms with Crippen LogP contribution in [-0.2, 0) is 9.53 Å². The van der Waals surface area contributed by atoms with Gasteiger partial charge in [0.15, 0.2) is 0 Å². The molecule has 98 valence electrons. The minimum atomic E-state index is -0.508. The molecule has 1 aliphatic rings. The Labute approximate surface area is 102 Å². The van der Waals surface area contributed by atoms with Gasteiger partial charge in [-0.3, -0.25) is 4.79 Å². The van der Waals surface area contributed by atoms with Crippen LogP contribution in [0.2, 0.25) is 0 Å². The maximum absolute atomic E-state index is 11.8. The van der Waals surface area contributed by atoms with Crippen LogP contribution in [-0.4, -0.2) is 31.7 Å². The third-order valence-corrected chi connectivity index (χ3v) is 3.20. The van der Waals surface area contributed by atoms with Gasteiger partial charge in [-0.05, 0) is 25.7 Å². The van der Waals surface area contributed by atoms with Crippen molar-refractivity contribution in [1.82, 2.24) is 10.6 Å². The molecule has 0 saturated heterocycles. The Morgan fingerprint density at radius 2 is 1.94 bits per heavy atom. The van der Waals surface area contributed by atoms with Crippen molar-refractivity contribution in [3.63, 3.8) is 0 Å². The Balaban J connectivity index is 2.58. The number of hydrogen-bond donors (Lipinski definition) is 2. The van der Waals surface area contributed by atoms with Crippen LogP contribution in [0, 0.1) is 5.92 Å². The number of amides is 2. The molecule has 1 atom stereocenters. The largest absolute Gasteiger partial charge is 0.450 e. The predicted octanol–water partition coefficient (Wildman–Crippen LogP) is 1.43. The molecule has 0 heterocycles. The van der Waals surface area contributed by atoms with Gasteiger partial charge in [0, 0.05) is 7.05 Å². The van der Waals surface area contributed by atoms with Crippen LogP contribution in [0.25, 0.3) is 0 Å². The fourth-order valence-corrected chi connectivity index (χ4v) is 2.32. The van der Waals surface area contributed by atoms with E-state index < -0.39 is 12.1 Å². The number of ether oxygens (including phenoxy) is 1. The molecular weight excluding hydrogens is 220 g/mol. The maximum Gasteiger partial charge on any atom is 0.407 e. The summed E-state index contributed by atoms with van der Waals surface area (Å²) in [5.74, 6) is 0.0954. The summed E-state index contributed by atoms with van der Waals surface area (Å²) < 4.78 is 4.83. The molecule has 5 nitrogen and oxygen atoms in total. The van der Waals surface area contributed by atoms with Crippen molar-refractivity contribution in [2.45, 2.75) is 45.1 Å². The number of likely N-dealkylation sites (N-methyl/N-ethyl adjacent to an activating group) is 1. The molecule has 0 aliphatic heterocycles. The number of alkyl carbamates (subject to hydrolysis) is 1. The molecule has 0 aromatic heterocycles. The summed E-state index contributed by atoms with van der Waals surface area (Å²) in [6.45, 7) is 2.06. The van der Waals surface area contributed by atoms with Crippen LogP contribution in [0.15, 0.2) is 0 Å². The lowest BCUT2D eigenvalue weighted by molar-refractivity contribution is -0.124. The molecule has 5 heteroatoms. The van der Waals surface area contributed by atoms with Gasteiger partial charge in [0.25, 0.3) is 0 Å². The normalized spacial score (nSPS) is 18.2. The quantitative estimate of drug-likeness (QED) is 0.783. The van der Waals surface area contributed by atoms with Gasteiger partial charge in [-0.25, -0.2) is 4.79 Å². The maximum atomic E-state index is 11.8. The third-order valence-electron chi connectivity index (χ3n) is 3.20. The van der Waals surface area contributed by atoms with Gasteiger partial charge >= 0.3 is 6.09 Å². The van der Waals surface area contributed by atoms with Gasteiger partial charge in [-0.2, -0.15) is 0 Å². The predicted molar refractivity (Wildman–Crippen MR) is 64.6 cm³/mol. The van der Waals surface area contributed by atoms with Crippen LogP contribution in [0.4, 0.5) is 4.79 Å². The van der Waals surface area contributed by atoms with Gasteiger partial charge in [-0.15, -0.1) is 0 Å². The summed E-state index contributed by atoms with van der Waals surface area (Å²) in [6.07, 6.45) is 4.95. The second kappa shape index (κ2) is 7.14. The molecule has 0 unspecified atom stereocenters. The first kappa shape index (κ1) is 13.8. The SMILES string of the molecule is CCOC(=O)N[C@H](C(=O)NC)C1CCCCC1. The summed E-state index contributed by atoms with van der Waals surface area (Å²) in [5.41, 5.74) is 0. The summed E-state index contributed by atoms with van der Waals surface area (Å²) in [5, 5.41) is 5.27. The first-order valence-electron chi connectivity index (χ1n) is 6.34. The summed E-state index contributed by atoms with van der Waals surface area (Å²) >= 11 is 0. The Morgan fingerprint density at radius 3 is 2.47 bits per heavy atom.